The highest BCUT2D eigenvalue weighted by Gasteiger charge is 2.36. The van der Waals surface area contributed by atoms with Gasteiger partial charge in [-0.25, -0.2) is 18.1 Å². The number of aromatic nitrogens is 2. The fraction of sp³-hybridized carbons (Fsp3) is 0.485. The summed E-state index contributed by atoms with van der Waals surface area (Å²) in [6, 6.07) is 14.3. The first kappa shape index (κ1) is 30.9. The normalized spacial score (nSPS) is 22.3. The second-order valence-electron chi connectivity index (χ2n) is 12.5. The second-order valence-corrected chi connectivity index (χ2v) is 14.2. The topological polar surface area (TPSA) is 105 Å². The van der Waals surface area contributed by atoms with E-state index in [1.165, 1.54) is 12.1 Å². The van der Waals surface area contributed by atoms with E-state index in [1.54, 1.807) is 18.2 Å². The van der Waals surface area contributed by atoms with Gasteiger partial charge in [0.1, 0.15) is 6.61 Å². The van der Waals surface area contributed by atoms with Crippen LogP contribution in [0.5, 0.6) is 5.88 Å². The molecule has 1 amide bonds. The highest BCUT2D eigenvalue weighted by atomic mass is 32.2. The molecule has 2 aromatic carbocycles. The standard InChI is InChI=1S/C33H43N5O4S/c1-21(2)17-27-20-42-30-19-29(31-22(3)9-7-10-23(31)4)34-33(35-30)36-43(40,41)28-12-8-11-24(18-28)32(39)38(27)26-15-13-25(14-16-26)37(5)6/h7-12,18-19,21,25-27H,13-17,20H2,1-6H3,(H,34,35,36)/t25?,26?,27-/m1/s1. The van der Waals surface area contributed by atoms with E-state index >= 15 is 0 Å². The van der Waals surface area contributed by atoms with Crippen LogP contribution in [-0.2, 0) is 10.0 Å². The lowest BCUT2D eigenvalue weighted by atomic mass is 9.87. The first-order chi connectivity index (χ1) is 20.4. The van der Waals surface area contributed by atoms with Crippen molar-refractivity contribution in [2.24, 2.45) is 5.92 Å². The van der Waals surface area contributed by atoms with Crippen molar-refractivity contribution < 1.29 is 17.9 Å². The van der Waals surface area contributed by atoms with E-state index in [-0.39, 0.29) is 41.3 Å². The average molecular weight is 606 g/mol. The number of nitrogens with one attached hydrogen (secondary N) is 1. The zero-order valence-corrected chi connectivity index (χ0v) is 26.8. The maximum absolute atomic E-state index is 14.3. The molecule has 0 unspecified atom stereocenters. The predicted octanol–water partition coefficient (Wildman–Crippen LogP) is 5.68. The molecule has 0 radical (unpaired) electrons. The summed E-state index contributed by atoms with van der Waals surface area (Å²) >= 11 is 0. The largest absolute Gasteiger partial charge is 0.475 e. The fourth-order valence-electron chi connectivity index (χ4n) is 6.49. The quantitative estimate of drug-likeness (QED) is 0.399. The third-order valence-corrected chi connectivity index (χ3v) is 9.97. The highest BCUT2D eigenvalue weighted by molar-refractivity contribution is 7.92. The Morgan fingerprint density at radius 1 is 1.00 bits per heavy atom. The van der Waals surface area contributed by atoms with Crippen LogP contribution in [-0.4, -0.2) is 72.9 Å². The van der Waals surface area contributed by atoms with Gasteiger partial charge in [0.2, 0.25) is 11.8 Å². The molecule has 1 aliphatic carbocycles. The number of carbonyl (C=O) groups excluding carboxylic acids is 1. The van der Waals surface area contributed by atoms with Gasteiger partial charge in [0.15, 0.2) is 0 Å². The van der Waals surface area contributed by atoms with Crippen LogP contribution in [0.1, 0.15) is 67.4 Å². The third kappa shape index (κ3) is 6.86. The molecule has 9 nitrogen and oxygen atoms in total. The maximum Gasteiger partial charge on any atom is 0.264 e. The Morgan fingerprint density at radius 3 is 2.33 bits per heavy atom. The summed E-state index contributed by atoms with van der Waals surface area (Å²) in [6.07, 6.45) is 4.46. The zero-order valence-electron chi connectivity index (χ0n) is 26.0. The number of fused-ring (bicyclic) bond motifs is 4. The number of benzene rings is 2. The lowest BCUT2D eigenvalue weighted by Crippen LogP contribution is -2.52. The Morgan fingerprint density at radius 2 is 1.67 bits per heavy atom. The van der Waals surface area contributed by atoms with Gasteiger partial charge in [-0.1, -0.05) is 38.1 Å². The van der Waals surface area contributed by atoms with E-state index in [0.717, 1.165) is 48.8 Å². The van der Waals surface area contributed by atoms with Gasteiger partial charge >= 0.3 is 0 Å². The van der Waals surface area contributed by atoms with Crippen LogP contribution in [0.3, 0.4) is 0 Å². The van der Waals surface area contributed by atoms with Gasteiger partial charge in [0, 0.05) is 29.3 Å². The van der Waals surface area contributed by atoms with E-state index in [1.807, 2.05) is 36.9 Å². The van der Waals surface area contributed by atoms with E-state index < -0.39 is 10.0 Å². The minimum Gasteiger partial charge on any atom is -0.475 e. The molecular weight excluding hydrogens is 562 g/mol. The lowest BCUT2D eigenvalue weighted by Gasteiger charge is -2.43. The van der Waals surface area contributed by atoms with Crippen LogP contribution in [0.4, 0.5) is 5.95 Å². The number of amides is 1. The monoisotopic (exact) mass is 605 g/mol. The number of sulfonamides is 1. The molecule has 2 heterocycles. The number of ether oxygens (including phenoxy) is 1. The Hall–Kier alpha value is -3.50. The summed E-state index contributed by atoms with van der Waals surface area (Å²) < 4.78 is 36.1. The van der Waals surface area contributed by atoms with Crippen molar-refractivity contribution in [3.8, 4) is 17.1 Å². The van der Waals surface area contributed by atoms with Crippen LogP contribution in [0.15, 0.2) is 53.4 Å². The van der Waals surface area contributed by atoms with E-state index in [9.17, 15) is 13.2 Å². The molecule has 1 aliphatic heterocycles. The van der Waals surface area contributed by atoms with Crippen molar-refractivity contribution in [3.05, 3.63) is 65.2 Å². The van der Waals surface area contributed by atoms with Crippen molar-refractivity contribution in [1.82, 2.24) is 19.8 Å². The van der Waals surface area contributed by atoms with Gasteiger partial charge in [-0.3, -0.25) is 4.79 Å². The van der Waals surface area contributed by atoms with E-state index in [4.69, 9.17) is 4.74 Å². The summed E-state index contributed by atoms with van der Waals surface area (Å²) in [5.74, 6) is 0.310. The third-order valence-electron chi connectivity index (χ3n) is 8.64. The predicted molar refractivity (Wildman–Crippen MR) is 169 cm³/mol. The number of anilines is 1. The lowest BCUT2D eigenvalue weighted by molar-refractivity contribution is 0.0321. The maximum atomic E-state index is 14.3. The van der Waals surface area contributed by atoms with Crippen LogP contribution in [0.2, 0.25) is 0 Å². The number of nitrogens with zero attached hydrogens (tertiary/aromatic N) is 4. The van der Waals surface area contributed by atoms with Crippen molar-refractivity contribution in [3.63, 3.8) is 0 Å². The SMILES string of the molecule is Cc1cccc(C)c1-c1cc2nc(n1)NS(=O)(=O)c1cccc(c1)C(=O)N(C1CCC(N(C)C)CC1)[C@H](CC(C)C)CO2. The molecule has 1 aromatic heterocycles. The molecule has 1 N–H and O–H groups in total. The van der Waals surface area contributed by atoms with Crippen molar-refractivity contribution in [2.45, 2.75) is 82.8 Å². The Balaban J connectivity index is 1.63. The summed E-state index contributed by atoms with van der Waals surface area (Å²) in [5, 5.41) is 0. The first-order valence-electron chi connectivity index (χ1n) is 15.1. The average Bonchev–Trinajstić information content (AvgIpc) is 2.95. The number of aryl methyl sites for hydroxylation is 2. The zero-order chi connectivity index (χ0) is 30.9. The van der Waals surface area contributed by atoms with Crippen molar-refractivity contribution in [1.29, 1.82) is 0 Å². The Kier molecular flexibility index (Phi) is 9.08. The molecule has 4 bridgehead atoms. The molecule has 5 rings (SSSR count). The first-order valence-corrected chi connectivity index (χ1v) is 16.6. The van der Waals surface area contributed by atoms with Crippen LogP contribution in [0.25, 0.3) is 11.3 Å². The smallest absolute Gasteiger partial charge is 0.264 e. The molecule has 0 saturated heterocycles. The molecule has 3 aromatic rings. The number of hydrogen-bond acceptors (Lipinski definition) is 7. The molecule has 43 heavy (non-hydrogen) atoms. The highest BCUT2D eigenvalue weighted by Crippen LogP contribution is 2.33. The van der Waals surface area contributed by atoms with Gasteiger partial charge < -0.3 is 14.5 Å². The summed E-state index contributed by atoms with van der Waals surface area (Å²) in [7, 11) is 0.109. The summed E-state index contributed by atoms with van der Waals surface area (Å²) in [5.41, 5.74) is 3.82. The van der Waals surface area contributed by atoms with Gasteiger partial charge in [-0.2, -0.15) is 4.98 Å². The molecule has 230 valence electrons. The minimum atomic E-state index is -4.10. The number of hydrogen-bond donors (Lipinski definition) is 1. The van der Waals surface area contributed by atoms with Crippen LogP contribution in [0, 0.1) is 19.8 Å². The Labute approximate surface area is 255 Å². The molecule has 1 atom stereocenters. The van der Waals surface area contributed by atoms with Gasteiger partial charge in [-0.05, 0) is 95.3 Å². The molecule has 10 heteroatoms. The van der Waals surface area contributed by atoms with E-state index in [2.05, 4.69) is 47.5 Å². The van der Waals surface area contributed by atoms with Gasteiger partial charge in [-0.15, -0.1) is 0 Å². The minimum absolute atomic E-state index is 0.0159. The molecule has 1 fully saturated rings. The molecule has 2 aliphatic rings. The second kappa shape index (κ2) is 12.6. The van der Waals surface area contributed by atoms with Crippen molar-refractivity contribution in [2.75, 3.05) is 25.4 Å². The van der Waals surface area contributed by atoms with Crippen molar-refractivity contribution >= 4 is 21.9 Å². The number of carbonyl (C=O) groups is 1. The van der Waals surface area contributed by atoms with Crippen LogP contribution < -0.4 is 9.46 Å². The number of rotatable bonds is 5. The molecule has 0 spiro atoms. The summed E-state index contributed by atoms with van der Waals surface area (Å²) in [6.45, 7) is 8.51. The molecular formula is C33H43N5O4S. The molecule has 1 saturated carbocycles. The van der Waals surface area contributed by atoms with Crippen LogP contribution >= 0.6 is 0 Å². The fourth-order valence-corrected chi connectivity index (χ4v) is 7.48. The van der Waals surface area contributed by atoms with Gasteiger partial charge in [0.05, 0.1) is 16.6 Å². The van der Waals surface area contributed by atoms with Gasteiger partial charge in [0.25, 0.3) is 15.9 Å². The summed E-state index contributed by atoms with van der Waals surface area (Å²) in [4.78, 5) is 27.7. The Bertz CT molecular complexity index is 1560. The van der Waals surface area contributed by atoms with E-state index in [0.29, 0.717) is 23.2 Å².